The Morgan fingerprint density at radius 1 is 1.40 bits per heavy atom. The third kappa shape index (κ3) is 3.26. The van der Waals surface area contributed by atoms with Crippen molar-refractivity contribution in [2.75, 3.05) is 25.0 Å². The maximum Gasteiger partial charge on any atom is 0.224 e. The summed E-state index contributed by atoms with van der Waals surface area (Å²) >= 11 is 0. The molecular weight excluding hydrogens is 259 g/mol. The van der Waals surface area contributed by atoms with Crippen LogP contribution >= 0.6 is 0 Å². The summed E-state index contributed by atoms with van der Waals surface area (Å²) in [4.78, 5) is 20.9. The zero-order chi connectivity index (χ0) is 14.5. The Labute approximate surface area is 117 Å². The molecule has 1 heterocycles. The summed E-state index contributed by atoms with van der Waals surface area (Å²) in [5.74, 6) is 0.368. The number of rotatable bonds is 6. The van der Waals surface area contributed by atoms with Gasteiger partial charge in [0.15, 0.2) is 0 Å². The van der Waals surface area contributed by atoms with Crippen LogP contribution in [-0.2, 0) is 4.79 Å². The fourth-order valence-electron chi connectivity index (χ4n) is 2.09. The third-order valence-electron chi connectivity index (χ3n) is 3.19. The molecule has 0 aliphatic heterocycles. The predicted molar refractivity (Wildman–Crippen MR) is 77.1 cm³/mol. The van der Waals surface area contributed by atoms with E-state index < -0.39 is 0 Å². The van der Waals surface area contributed by atoms with Gasteiger partial charge in [-0.25, -0.2) is 9.37 Å². The molecule has 2 N–H and O–H groups in total. The SMILES string of the molecule is CCN(CC)C(=O)CCNc1nc2ccc(F)cc2[nH]1. The minimum absolute atomic E-state index is 0.115. The molecule has 2 aromatic rings. The first-order valence-electron chi connectivity index (χ1n) is 6.81. The molecule has 20 heavy (non-hydrogen) atoms. The van der Waals surface area contributed by atoms with E-state index in [1.54, 1.807) is 11.0 Å². The highest BCUT2D eigenvalue weighted by Crippen LogP contribution is 2.15. The number of H-pyrrole nitrogens is 1. The number of aromatic nitrogens is 2. The van der Waals surface area contributed by atoms with Crippen molar-refractivity contribution in [2.24, 2.45) is 0 Å². The average Bonchev–Trinajstić information content (AvgIpc) is 2.82. The summed E-state index contributed by atoms with van der Waals surface area (Å²) in [5, 5.41) is 3.05. The highest BCUT2D eigenvalue weighted by molar-refractivity contribution is 5.78. The van der Waals surface area contributed by atoms with Gasteiger partial charge in [0, 0.05) is 26.1 Å². The lowest BCUT2D eigenvalue weighted by atomic mass is 10.3. The molecular formula is C14H19FN4O. The van der Waals surface area contributed by atoms with Crippen molar-refractivity contribution in [3.8, 4) is 0 Å². The standard InChI is InChI=1S/C14H19FN4O/c1-3-19(4-2)13(20)7-8-16-14-17-11-6-5-10(15)9-12(11)18-14/h5-6,9H,3-4,7-8H2,1-2H3,(H2,16,17,18). The lowest BCUT2D eigenvalue weighted by Gasteiger charge is -2.18. The molecule has 0 fully saturated rings. The summed E-state index contributed by atoms with van der Waals surface area (Å²) in [7, 11) is 0. The monoisotopic (exact) mass is 278 g/mol. The first-order chi connectivity index (χ1) is 9.63. The summed E-state index contributed by atoms with van der Waals surface area (Å²) in [5.41, 5.74) is 1.34. The number of benzene rings is 1. The second kappa shape index (κ2) is 6.36. The fourth-order valence-corrected chi connectivity index (χ4v) is 2.09. The number of nitrogens with zero attached hydrogens (tertiary/aromatic N) is 2. The molecule has 0 spiro atoms. The maximum atomic E-state index is 13.1. The molecule has 0 radical (unpaired) electrons. The van der Waals surface area contributed by atoms with Crippen molar-refractivity contribution in [3.05, 3.63) is 24.0 Å². The van der Waals surface area contributed by atoms with Crippen LogP contribution in [-0.4, -0.2) is 40.4 Å². The van der Waals surface area contributed by atoms with Crippen LogP contribution < -0.4 is 5.32 Å². The van der Waals surface area contributed by atoms with Crippen LogP contribution in [0.25, 0.3) is 11.0 Å². The minimum Gasteiger partial charge on any atom is -0.355 e. The number of nitrogens with one attached hydrogen (secondary N) is 2. The highest BCUT2D eigenvalue weighted by atomic mass is 19.1. The van der Waals surface area contributed by atoms with Crippen LogP contribution in [0.5, 0.6) is 0 Å². The van der Waals surface area contributed by atoms with Crippen molar-refractivity contribution in [1.82, 2.24) is 14.9 Å². The molecule has 0 aliphatic rings. The van der Waals surface area contributed by atoms with Crippen LogP contribution in [0.3, 0.4) is 0 Å². The number of fused-ring (bicyclic) bond motifs is 1. The smallest absolute Gasteiger partial charge is 0.224 e. The second-order valence-electron chi connectivity index (χ2n) is 4.49. The maximum absolute atomic E-state index is 13.1. The van der Waals surface area contributed by atoms with Gasteiger partial charge in [0.25, 0.3) is 0 Å². The number of amides is 1. The lowest BCUT2D eigenvalue weighted by molar-refractivity contribution is -0.130. The average molecular weight is 278 g/mol. The second-order valence-corrected chi connectivity index (χ2v) is 4.49. The molecule has 0 saturated carbocycles. The number of carbonyl (C=O) groups is 1. The Bertz CT molecular complexity index is 592. The van der Waals surface area contributed by atoms with Gasteiger partial charge in [0.05, 0.1) is 11.0 Å². The van der Waals surface area contributed by atoms with Gasteiger partial charge in [0.1, 0.15) is 5.82 Å². The van der Waals surface area contributed by atoms with Gasteiger partial charge in [0.2, 0.25) is 11.9 Å². The quantitative estimate of drug-likeness (QED) is 0.852. The van der Waals surface area contributed by atoms with Crippen LogP contribution in [0.1, 0.15) is 20.3 Å². The van der Waals surface area contributed by atoms with Gasteiger partial charge in [-0.2, -0.15) is 0 Å². The van der Waals surface area contributed by atoms with Crippen LogP contribution in [0.15, 0.2) is 18.2 Å². The van der Waals surface area contributed by atoms with E-state index in [0.717, 1.165) is 13.1 Å². The van der Waals surface area contributed by atoms with Gasteiger partial charge in [-0.15, -0.1) is 0 Å². The fraction of sp³-hybridized carbons (Fsp3) is 0.429. The van der Waals surface area contributed by atoms with Crippen LogP contribution in [0.4, 0.5) is 10.3 Å². The Balaban J connectivity index is 1.91. The van der Waals surface area contributed by atoms with Crippen molar-refractivity contribution >= 4 is 22.9 Å². The van der Waals surface area contributed by atoms with Crippen molar-refractivity contribution in [2.45, 2.75) is 20.3 Å². The van der Waals surface area contributed by atoms with E-state index >= 15 is 0 Å². The van der Waals surface area contributed by atoms with Gasteiger partial charge < -0.3 is 15.2 Å². The number of hydrogen-bond donors (Lipinski definition) is 2. The van der Waals surface area contributed by atoms with Crippen LogP contribution in [0, 0.1) is 5.82 Å². The Morgan fingerprint density at radius 3 is 2.85 bits per heavy atom. The van der Waals surface area contributed by atoms with E-state index in [1.165, 1.54) is 12.1 Å². The lowest BCUT2D eigenvalue weighted by Crippen LogP contribution is -2.31. The number of carbonyl (C=O) groups excluding carboxylic acids is 1. The molecule has 0 saturated heterocycles. The van der Waals surface area contributed by atoms with Gasteiger partial charge in [-0.3, -0.25) is 4.79 Å². The predicted octanol–water partition coefficient (Wildman–Crippen LogP) is 2.37. The zero-order valence-corrected chi connectivity index (χ0v) is 11.7. The minimum atomic E-state index is -0.301. The number of imidazole rings is 1. The zero-order valence-electron chi connectivity index (χ0n) is 11.7. The Morgan fingerprint density at radius 2 is 2.15 bits per heavy atom. The molecule has 5 nitrogen and oxygen atoms in total. The summed E-state index contributed by atoms with van der Waals surface area (Å²) in [6, 6.07) is 4.39. The molecule has 0 aliphatic carbocycles. The van der Waals surface area contributed by atoms with Gasteiger partial charge in [-0.05, 0) is 32.0 Å². The highest BCUT2D eigenvalue weighted by Gasteiger charge is 2.09. The van der Waals surface area contributed by atoms with E-state index in [0.29, 0.717) is 29.9 Å². The molecule has 0 atom stereocenters. The van der Waals surface area contributed by atoms with E-state index in [-0.39, 0.29) is 11.7 Å². The van der Waals surface area contributed by atoms with Crippen LogP contribution in [0.2, 0.25) is 0 Å². The van der Waals surface area contributed by atoms with E-state index in [1.807, 2.05) is 13.8 Å². The molecule has 1 aromatic carbocycles. The van der Waals surface area contributed by atoms with Gasteiger partial charge >= 0.3 is 0 Å². The number of halogens is 1. The number of hydrogen-bond acceptors (Lipinski definition) is 3. The van der Waals surface area contributed by atoms with E-state index in [2.05, 4.69) is 15.3 Å². The molecule has 1 amide bonds. The topological polar surface area (TPSA) is 61.0 Å². The molecule has 2 rings (SSSR count). The molecule has 1 aromatic heterocycles. The first-order valence-corrected chi connectivity index (χ1v) is 6.81. The van der Waals surface area contributed by atoms with E-state index in [4.69, 9.17) is 0 Å². The van der Waals surface area contributed by atoms with Crippen molar-refractivity contribution in [1.29, 1.82) is 0 Å². The molecule has 0 unspecified atom stereocenters. The van der Waals surface area contributed by atoms with Crippen molar-refractivity contribution < 1.29 is 9.18 Å². The third-order valence-corrected chi connectivity index (χ3v) is 3.19. The van der Waals surface area contributed by atoms with Gasteiger partial charge in [-0.1, -0.05) is 0 Å². The van der Waals surface area contributed by atoms with E-state index in [9.17, 15) is 9.18 Å². The number of anilines is 1. The first kappa shape index (κ1) is 14.3. The summed E-state index contributed by atoms with van der Waals surface area (Å²) in [6.45, 7) is 5.86. The largest absolute Gasteiger partial charge is 0.355 e. The Hall–Kier alpha value is -2.11. The summed E-state index contributed by atoms with van der Waals surface area (Å²) < 4.78 is 13.1. The molecule has 108 valence electrons. The molecule has 6 heteroatoms. The number of aromatic amines is 1. The normalized spacial score (nSPS) is 10.8. The summed E-state index contributed by atoms with van der Waals surface area (Å²) in [6.07, 6.45) is 0.410. The van der Waals surface area contributed by atoms with Crippen molar-refractivity contribution in [3.63, 3.8) is 0 Å². The molecule has 0 bridgehead atoms. The Kier molecular flexibility index (Phi) is 4.55.